The van der Waals surface area contributed by atoms with Crippen molar-refractivity contribution < 1.29 is 14.3 Å². The summed E-state index contributed by atoms with van der Waals surface area (Å²) in [5.74, 6) is 0.711. The minimum absolute atomic E-state index is 0.0472. The summed E-state index contributed by atoms with van der Waals surface area (Å²) in [4.78, 5) is 13.9. The highest BCUT2D eigenvalue weighted by molar-refractivity contribution is 9.10. The average molecular weight is 389 g/mol. The van der Waals surface area contributed by atoms with Gasteiger partial charge < -0.3 is 14.4 Å². The van der Waals surface area contributed by atoms with Gasteiger partial charge in [-0.05, 0) is 47.5 Å². The lowest BCUT2D eigenvalue weighted by Gasteiger charge is -2.30. The second-order valence-corrected chi connectivity index (χ2v) is 6.24. The Morgan fingerprint density at radius 1 is 1.41 bits per heavy atom. The molecule has 0 fully saturated rings. The Hall–Kier alpha value is -1.04. The highest BCUT2D eigenvalue weighted by Crippen LogP contribution is 2.34. The molecule has 0 saturated heterocycles. The molecule has 0 bridgehead atoms. The molecule has 0 aromatic heterocycles. The molecular formula is C16H19BrClNO3. The first-order chi connectivity index (χ1) is 10.6. The maximum atomic E-state index is 12.2. The molecule has 6 heteroatoms. The fourth-order valence-electron chi connectivity index (χ4n) is 2.33. The molecule has 4 nitrogen and oxygen atoms in total. The van der Waals surface area contributed by atoms with Crippen LogP contribution in [0.25, 0.3) is 5.70 Å². The summed E-state index contributed by atoms with van der Waals surface area (Å²) < 4.78 is 11.4. The topological polar surface area (TPSA) is 38.8 Å². The van der Waals surface area contributed by atoms with Crippen molar-refractivity contribution in [3.8, 4) is 5.75 Å². The molecule has 1 heterocycles. The Bertz CT molecular complexity index is 577. The van der Waals surface area contributed by atoms with E-state index in [1.165, 1.54) is 0 Å². The van der Waals surface area contributed by atoms with Gasteiger partial charge in [-0.1, -0.05) is 6.08 Å². The zero-order valence-electron chi connectivity index (χ0n) is 12.6. The van der Waals surface area contributed by atoms with Crippen LogP contribution in [0, 0.1) is 0 Å². The Morgan fingerprint density at radius 3 is 2.82 bits per heavy atom. The molecule has 22 heavy (non-hydrogen) atoms. The lowest BCUT2D eigenvalue weighted by molar-refractivity contribution is -0.127. The molecule has 2 rings (SSSR count). The summed E-state index contributed by atoms with van der Waals surface area (Å²) in [5.41, 5.74) is 1.84. The molecule has 0 radical (unpaired) electrons. The third-order valence-corrected chi connectivity index (χ3v) is 4.45. The standard InChI is InChI=1S/C16H19BrClNO3/c1-3-19-15(7-6-14(18)16(19)20)12-5-4-11(10-13(12)17)22-9-8-21-2/h4-5,7,10,14H,3,6,8-9H2,1-2H3. The molecular weight excluding hydrogens is 370 g/mol. The van der Waals surface area contributed by atoms with Gasteiger partial charge in [0.25, 0.3) is 0 Å². The number of amides is 1. The Balaban J connectivity index is 2.23. The van der Waals surface area contributed by atoms with Gasteiger partial charge in [0, 0.05) is 29.4 Å². The number of allylic oxidation sites excluding steroid dienone is 1. The van der Waals surface area contributed by atoms with Crippen molar-refractivity contribution in [2.24, 2.45) is 0 Å². The van der Waals surface area contributed by atoms with Gasteiger partial charge in [-0.15, -0.1) is 11.6 Å². The normalized spacial score (nSPS) is 18.4. The van der Waals surface area contributed by atoms with E-state index in [-0.39, 0.29) is 5.91 Å². The van der Waals surface area contributed by atoms with Gasteiger partial charge in [0.05, 0.1) is 6.61 Å². The van der Waals surface area contributed by atoms with Crippen LogP contribution in [-0.4, -0.2) is 43.1 Å². The second kappa shape index (κ2) is 7.99. The van der Waals surface area contributed by atoms with E-state index < -0.39 is 5.38 Å². The number of halogens is 2. The third kappa shape index (κ3) is 3.83. The lowest BCUT2D eigenvalue weighted by Crippen LogP contribution is -2.38. The van der Waals surface area contributed by atoms with Crippen molar-refractivity contribution in [1.29, 1.82) is 0 Å². The number of hydrogen-bond donors (Lipinski definition) is 0. The van der Waals surface area contributed by atoms with Gasteiger partial charge in [0.2, 0.25) is 5.91 Å². The van der Waals surface area contributed by atoms with Crippen molar-refractivity contribution >= 4 is 39.1 Å². The van der Waals surface area contributed by atoms with Gasteiger partial charge in [-0.25, -0.2) is 0 Å². The molecule has 0 aliphatic carbocycles. The van der Waals surface area contributed by atoms with E-state index >= 15 is 0 Å². The molecule has 1 atom stereocenters. The number of methoxy groups -OCH3 is 1. The maximum absolute atomic E-state index is 12.2. The van der Waals surface area contributed by atoms with Crippen LogP contribution in [0.2, 0.25) is 0 Å². The highest BCUT2D eigenvalue weighted by atomic mass is 79.9. The number of alkyl halides is 1. The van der Waals surface area contributed by atoms with Gasteiger partial charge in [-0.3, -0.25) is 4.79 Å². The minimum Gasteiger partial charge on any atom is -0.491 e. The molecule has 1 unspecified atom stereocenters. The summed E-state index contributed by atoms with van der Waals surface area (Å²) in [5, 5.41) is -0.473. The van der Waals surface area contributed by atoms with Crippen molar-refractivity contribution in [3.63, 3.8) is 0 Å². The van der Waals surface area contributed by atoms with Gasteiger partial charge >= 0.3 is 0 Å². The number of hydrogen-bond acceptors (Lipinski definition) is 3. The van der Waals surface area contributed by atoms with Gasteiger partial charge in [0.1, 0.15) is 17.7 Å². The Kier molecular flexibility index (Phi) is 6.29. The van der Waals surface area contributed by atoms with E-state index in [1.807, 2.05) is 31.2 Å². The maximum Gasteiger partial charge on any atom is 0.245 e. The molecule has 1 amide bonds. The molecule has 1 aliphatic rings. The number of nitrogens with zero attached hydrogens (tertiary/aromatic N) is 1. The van der Waals surface area contributed by atoms with Crippen LogP contribution in [0.5, 0.6) is 5.75 Å². The first kappa shape index (κ1) is 17.3. The van der Waals surface area contributed by atoms with Crippen LogP contribution < -0.4 is 4.74 Å². The van der Waals surface area contributed by atoms with Crippen LogP contribution in [0.15, 0.2) is 28.7 Å². The molecule has 1 aromatic rings. The van der Waals surface area contributed by atoms with Crippen molar-refractivity contribution in [1.82, 2.24) is 4.90 Å². The molecule has 120 valence electrons. The Morgan fingerprint density at radius 2 is 2.18 bits per heavy atom. The summed E-state index contributed by atoms with van der Waals surface area (Å²) in [6.45, 7) is 3.57. The quantitative estimate of drug-likeness (QED) is 0.551. The number of carbonyl (C=O) groups is 1. The first-order valence-electron chi connectivity index (χ1n) is 7.15. The van der Waals surface area contributed by atoms with Crippen molar-refractivity contribution in [2.75, 3.05) is 26.9 Å². The fourth-order valence-corrected chi connectivity index (χ4v) is 3.10. The van der Waals surface area contributed by atoms with Crippen LogP contribution in [0.1, 0.15) is 18.9 Å². The van der Waals surface area contributed by atoms with E-state index in [4.69, 9.17) is 21.1 Å². The van der Waals surface area contributed by atoms with Crippen molar-refractivity contribution in [3.05, 3.63) is 34.3 Å². The molecule has 0 spiro atoms. The summed E-state index contributed by atoms with van der Waals surface area (Å²) in [7, 11) is 1.64. The van der Waals surface area contributed by atoms with Gasteiger partial charge in [-0.2, -0.15) is 0 Å². The van der Waals surface area contributed by atoms with E-state index in [0.717, 1.165) is 21.5 Å². The number of ether oxygens (including phenoxy) is 2. The minimum atomic E-state index is -0.473. The van der Waals surface area contributed by atoms with Crippen molar-refractivity contribution in [2.45, 2.75) is 18.7 Å². The predicted molar refractivity (Wildman–Crippen MR) is 91.1 cm³/mol. The van der Waals surface area contributed by atoms with Crippen LogP contribution >= 0.6 is 27.5 Å². The van der Waals surface area contributed by atoms with E-state index in [0.29, 0.717) is 26.2 Å². The Labute approximate surface area is 144 Å². The van der Waals surface area contributed by atoms with Gasteiger partial charge in [0.15, 0.2) is 0 Å². The summed E-state index contributed by atoms with van der Waals surface area (Å²) in [6.07, 6.45) is 2.55. The molecule has 0 N–H and O–H groups in total. The van der Waals surface area contributed by atoms with E-state index in [1.54, 1.807) is 12.0 Å². The molecule has 1 aromatic carbocycles. The predicted octanol–water partition coefficient (Wildman–Crippen LogP) is 3.67. The smallest absolute Gasteiger partial charge is 0.245 e. The highest BCUT2D eigenvalue weighted by Gasteiger charge is 2.29. The largest absolute Gasteiger partial charge is 0.491 e. The van der Waals surface area contributed by atoms with E-state index in [2.05, 4.69) is 15.9 Å². The summed E-state index contributed by atoms with van der Waals surface area (Å²) in [6, 6.07) is 5.74. The number of rotatable bonds is 6. The number of benzene rings is 1. The summed E-state index contributed by atoms with van der Waals surface area (Å²) >= 11 is 9.61. The zero-order chi connectivity index (χ0) is 16.1. The average Bonchev–Trinajstić information content (AvgIpc) is 2.51. The molecule has 1 aliphatic heterocycles. The fraction of sp³-hybridized carbons (Fsp3) is 0.438. The first-order valence-corrected chi connectivity index (χ1v) is 8.38. The third-order valence-electron chi connectivity index (χ3n) is 3.43. The van der Waals surface area contributed by atoms with Crippen LogP contribution in [-0.2, 0) is 9.53 Å². The van der Waals surface area contributed by atoms with E-state index in [9.17, 15) is 4.79 Å². The SMILES string of the molecule is CCN1C(=O)C(Cl)CC=C1c1ccc(OCCOC)cc1Br. The monoisotopic (exact) mass is 387 g/mol. The van der Waals surface area contributed by atoms with Crippen LogP contribution in [0.3, 0.4) is 0 Å². The molecule has 0 saturated carbocycles. The zero-order valence-corrected chi connectivity index (χ0v) is 15.0. The second-order valence-electron chi connectivity index (χ2n) is 4.86. The van der Waals surface area contributed by atoms with Crippen LogP contribution in [0.4, 0.5) is 0 Å². The lowest BCUT2D eigenvalue weighted by atomic mass is 10.0. The number of carbonyl (C=O) groups excluding carboxylic acids is 1.